The minimum atomic E-state index is -2.71. The number of fused-ring (bicyclic) bond motifs is 1. The van der Waals surface area contributed by atoms with Gasteiger partial charge in [0.05, 0.1) is 39.2 Å². The number of amides is 1. The maximum Gasteiger partial charge on any atom is 0.264 e. The van der Waals surface area contributed by atoms with Crippen molar-refractivity contribution in [2.75, 3.05) is 5.32 Å². The first-order valence-electron chi connectivity index (χ1n) is 12.0. The van der Waals surface area contributed by atoms with Crippen molar-refractivity contribution in [3.63, 3.8) is 0 Å². The number of halogens is 3. The number of hydrogen-bond acceptors (Lipinski definition) is 4. The van der Waals surface area contributed by atoms with Gasteiger partial charge in [-0.05, 0) is 60.5 Å². The lowest BCUT2D eigenvalue weighted by Crippen LogP contribution is -2.20. The Bertz CT molecular complexity index is 1640. The van der Waals surface area contributed by atoms with Gasteiger partial charge in [0.2, 0.25) is 5.91 Å². The van der Waals surface area contributed by atoms with Crippen LogP contribution in [0.25, 0.3) is 22.3 Å². The summed E-state index contributed by atoms with van der Waals surface area (Å²) in [7, 11) is 0. The van der Waals surface area contributed by atoms with Crippen molar-refractivity contribution >= 4 is 38.6 Å². The van der Waals surface area contributed by atoms with Crippen LogP contribution >= 0.6 is 15.9 Å². The number of carbonyl (C=O) groups is 1. The number of nitrogens with one attached hydrogen (secondary N) is 1. The fraction of sp³-hybridized carbons (Fsp3) is 0.214. The molecule has 0 radical (unpaired) electrons. The number of aromatic nitrogens is 5. The highest BCUT2D eigenvalue weighted by atomic mass is 79.9. The highest BCUT2D eigenvalue weighted by molar-refractivity contribution is 9.10. The van der Waals surface area contributed by atoms with Gasteiger partial charge in [-0.15, -0.1) is 0 Å². The van der Waals surface area contributed by atoms with E-state index < -0.39 is 6.43 Å². The number of nitrogens with zero attached hydrogens (tertiary/aromatic N) is 5. The number of alkyl halides is 2. The van der Waals surface area contributed by atoms with E-state index in [2.05, 4.69) is 36.4 Å². The number of rotatable bonds is 7. The van der Waals surface area contributed by atoms with Crippen LogP contribution in [-0.4, -0.2) is 30.5 Å². The molecular formula is C28H25BrF2N6O. The molecule has 0 unspecified atom stereocenters. The van der Waals surface area contributed by atoms with E-state index in [1.807, 2.05) is 54.9 Å². The van der Waals surface area contributed by atoms with Gasteiger partial charge in [0.25, 0.3) is 6.43 Å². The average Bonchev–Trinajstić information content (AvgIpc) is 3.33. The largest absolute Gasteiger partial charge is 0.324 e. The molecule has 3 aromatic heterocycles. The molecule has 194 valence electrons. The average molecular weight is 579 g/mol. The zero-order valence-corrected chi connectivity index (χ0v) is 22.6. The summed E-state index contributed by atoms with van der Waals surface area (Å²) in [6, 6.07) is 18.0. The number of pyridine rings is 1. The molecule has 5 rings (SSSR count). The molecular weight excluding hydrogens is 554 g/mol. The summed E-state index contributed by atoms with van der Waals surface area (Å²) in [4.78, 5) is 17.6. The Balaban J connectivity index is 1.41. The molecule has 0 aliphatic carbocycles. The topological polar surface area (TPSA) is 77.6 Å². The van der Waals surface area contributed by atoms with Crippen LogP contribution in [0.4, 0.5) is 14.5 Å². The fourth-order valence-corrected chi connectivity index (χ4v) is 4.80. The lowest BCUT2D eigenvalue weighted by atomic mass is 10.1. The van der Waals surface area contributed by atoms with E-state index in [1.165, 1.54) is 10.7 Å². The smallest absolute Gasteiger partial charge is 0.264 e. The van der Waals surface area contributed by atoms with E-state index in [0.29, 0.717) is 29.2 Å². The Morgan fingerprint density at radius 2 is 1.71 bits per heavy atom. The first kappa shape index (κ1) is 25.7. The minimum Gasteiger partial charge on any atom is -0.324 e. The molecule has 0 aliphatic heterocycles. The number of hydrogen-bond donors (Lipinski definition) is 1. The van der Waals surface area contributed by atoms with Gasteiger partial charge in [0, 0.05) is 16.8 Å². The maximum atomic E-state index is 14.0. The van der Waals surface area contributed by atoms with Crippen molar-refractivity contribution in [2.45, 2.75) is 40.3 Å². The molecule has 0 atom stereocenters. The minimum absolute atomic E-state index is 0.151. The molecule has 1 amide bonds. The molecule has 10 heteroatoms. The van der Waals surface area contributed by atoms with Crippen LogP contribution in [0, 0.1) is 20.8 Å². The van der Waals surface area contributed by atoms with Gasteiger partial charge in [-0.3, -0.25) is 9.48 Å². The third-order valence-corrected chi connectivity index (χ3v) is 7.49. The Hall–Kier alpha value is -3.92. The van der Waals surface area contributed by atoms with Gasteiger partial charge in [0.1, 0.15) is 6.54 Å². The van der Waals surface area contributed by atoms with E-state index in [-0.39, 0.29) is 29.0 Å². The van der Waals surface area contributed by atoms with Crippen molar-refractivity contribution in [2.24, 2.45) is 0 Å². The second kappa shape index (κ2) is 10.4. The van der Waals surface area contributed by atoms with Crippen molar-refractivity contribution in [1.82, 2.24) is 24.5 Å². The summed E-state index contributed by atoms with van der Waals surface area (Å²) in [5.74, 6) is -0.342. The molecule has 7 nitrogen and oxygen atoms in total. The van der Waals surface area contributed by atoms with Gasteiger partial charge in [-0.2, -0.15) is 10.2 Å². The van der Waals surface area contributed by atoms with E-state index in [0.717, 1.165) is 21.4 Å². The maximum absolute atomic E-state index is 14.0. The van der Waals surface area contributed by atoms with Crippen LogP contribution in [0.3, 0.4) is 0 Å². The van der Waals surface area contributed by atoms with Crippen molar-refractivity contribution < 1.29 is 13.6 Å². The standard InChI is InChI=1S/C28H25BrF2N6O/c1-16-25-22(27(30)31)13-23(20-9-5-4-6-10-20)33-28(25)37(34-16)15-24(38)32-21-11-7-8-19(12-21)14-36-18(3)26(29)17(2)35-36/h4-13,27H,14-15H2,1-3H3,(H,32,38). The van der Waals surface area contributed by atoms with Gasteiger partial charge in [-0.25, -0.2) is 18.4 Å². The number of aryl methyl sites for hydroxylation is 2. The van der Waals surface area contributed by atoms with Gasteiger partial charge >= 0.3 is 0 Å². The quantitative estimate of drug-likeness (QED) is 0.236. The molecule has 0 fully saturated rings. The van der Waals surface area contributed by atoms with Crippen molar-refractivity contribution in [1.29, 1.82) is 0 Å². The summed E-state index contributed by atoms with van der Waals surface area (Å²) in [5.41, 5.74) is 5.12. The molecule has 38 heavy (non-hydrogen) atoms. The normalized spacial score (nSPS) is 11.4. The van der Waals surface area contributed by atoms with Crippen LogP contribution in [-0.2, 0) is 17.9 Å². The highest BCUT2D eigenvalue weighted by Gasteiger charge is 2.22. The van der Waals surface area contributed by atoms with E-state index in [9.17, 15) is 13.6 Å². The zero-order chi connectivity index (χ0) is 27.0. The van der Waals surface area contributed by atoms with Crippen molar-refractivity contribution in [3.05, 3.63) is 93.3 Å². The highest BCUT2D eigenvalue weighted by Crippen LogP contribution is 2.33. The fourth-order valence-electron chi connectivity index (χ4n) is 4.51. The Morgan fingerprint density at radius 3 is 2.39 bits per heavy atom. The Labute approximate surface area is 226 Å². The predicted octanol–water partition coefficient (Wildman–Crippen LogP) is 6.61. The molecule has 0 bridgehead atoms. The summed E-state index contributed by atoms with van der Waals surface area (Å²) < 4.78 is 32.3. The van der Waals surface area contributed by atoms with Crippen LogP contribution in [0.5, 0.6) is 0 Å². The number of carbonyl (C=O) groups excluding carboxylic acids is 1. The van der Waals surface area contributed by atoms with Crippen LogP contribution in [0.1, 0.15) is 34.6 Å². The number of anilines is 1. The first-order chi connectivity index (χ1) is 18.2. The van der Waals surface area contributed by atoms with Gasteiger partial charge in [-0.1, -0.05) is 42.5 Å². The van der Waals surface area contributed by atoms with E-state index in [1.54, 1.807) is 25.1 Å². The summed E-state index contributed by atoms with van der Waals surface area (Å²) in [6.45, 7) is 5.95. The van der Waals surface area contributed by atoms with Crippen LogP contribution in [0.15, 0.2) is 65.1 Å². The van der Waals surface area contributed by atoms with E-state index in [4.69, 9.17) is 0 Å². The molecule has 0 saturated carbocycles. The molecule has 0 saturated heterocycles. The van der Waals surface area contributed by atoms with Gasteiger partial charge in [0.15, 0.2) is 5.65 Å². The molecule has 0 spiro atoms. The zero-order valence-electron chi connectivity index (χ0n) is 21.0. The summed E-state index contributed by atoms with van der Waals surface area (Å²) in [5, 5.41) is 12.1. The molecule has 0 aliphatic rings. The van der Waals surface area contributed by atoms with Crippen LogP contribution < -0.4 is 5.32 Å². The SMILES string of the molecule is Cc1nn(Cc2cccc(NC(=O)Cn3nc(C)c4c(C(F)F)cc(-c5ccccc5)nc43)c2)c(C)c1Br. The third-order valence-electron chi connectivity index (χ3n) is 6.34. The lowest BCUT2D eigenvalue weighted by Gasteiger charge is -2.10. The third kappa shape index (κ3) is 5.08. The first-order valence-corrected chi connectivity index (χ1v) is 12.8. The molecule has 5 aromatic rings. The van der Waals surface area contributed by atoms with Crippen molar-refractivity contribution in [3.8, 4) is 11.3 Å². The molecule has 2 aromatic carbocycles. The second-order valence-electron chi connectivity index (χ2n) is 9.10. The number of benzene rings is 2. The Kier molecular flexibility index (Phi) is 7.07. The monoisotopic (exact) mass is 578 g/mol. The second-order valence-corrected chi connectivity index (χ2v) is 9.89. The summed E-state index contributed by atoms with van der Waals surface area (Å²) >= 11 is 3.55. The Morgan fingerprint density at radius 1 is 0.974 bits per heavy atom. The summed E-state index contributed by atoms with van der Waals surface area (Å²) in [6.07, 6.45) is -2.71. The van der Waals surface area contributed by atoms with Crippen LogP contribution in [0.2, 0.25) is 0 Å². The van der Waals surface area contributed by atoms with E-state index >= 15 is 0 Å². The lowest BCUT2D eigenvalue weighted by molar-refractivity contribution is -0.116. The molecule has 1 N–H and O–H groups in total. The molecule has 3 heterocycles. The predicted molar refractivity (Wildman–Crippen MR) is 146 cm³/mol. The van der Waals surface area contributed by atoms with Gasteiger partial charge < -0.3 is 5.32 Å².